The normalized spacial score (nSPS) is 13.9. The minimum Gasteiger partial charge on any atom is -0.369 e. The Kier molecular flexibility index (Phi) is 2.77. The number of benzene rings is 1. The third-order valence-electron chi connectivity index (χ3n) is 3.18. The number of aromatic nitrogens is 2. The van der Waals surface area contributed by atoms with E-state index in [0.29, 0.717) is 17.1 Å². The second kappa shape index (κ2) is 4.36. The van der Waals surface area contributed by atoms with Gasteiger partial charge in [0.25, 0.3) is 0 Å². The van der Waals surface area contributed by atoms with Gasteiger partial charge in [0.2, 0.25) is 5.95 Å². The second-order valence-electron chi connectivity index (χ2n) is 4.51. The lowest BCUT2D eigenvalue weighted by atomic mass is 10.0. The van der Waals surface area contributed by atoms with Crippen LogP contribution in [-0.4, -0.2) is 16.5 Å². The molecule has 0 amide bonds. The summed E-state index contributed by atoms with van der Waals surface area (Å²) >= 11 is 0. The first kappa shape index (κ1) is 12.7. The third kappa shape index (κ3) is 2.15. The maximum Gasteiger partial charge on any atom is 0.416 e. The van der Waals surface area contributed by atoms with Crippen LogP contribution in [0.4, 0.5) is 24.9 Å². The number of nitrogens with zero attached hydrogens (tertiary/aromatic N) is 2. The number of rotatable bonds is 1. The molecular formula is C13H11F3N4. The first-order chi connectivity index (χ1) is 9.45. The molecule has 2 heterocycles. The Bertz CT molecular complexity index is 650. The van der Waals surface area contributed by atoms with Gasteiger partial charge in [0.15, 0.2) is 0 Å². The van der Waals surface area contributed by atoms with Crippen molar-refractivity contribution in [3.8, 4) is 11.3 Å². The quantitative estimate of drug-likeness (QED) is 0.843. The molecule has 104 valence electrons. The molecule has 0 radical (unpaired) electrons. The molecular weight excluding hydrogens is 269 g/mol. The molecule has 0 bridgehead atoms. The molecule has 1 aromatic heterocycles. The van der Waals surface area contributed by atoms with Crippen LogP contribution in [-0.2, 0) is 12.6 Å². The maximum absolute atomic E-state index is 12.6. The number of alkyl halides is 3. The lowest BCUT2D eigenvalue weighted by Gasteiger charge is -2.10. The smallest absolute Gasteiger partial charge is 0.369 e. The van der Waals surface area contributed by atoms with Crippen LogP contribution in [0.15, 0.2) is 24.3 Å². The summed E-state index contributed by atoms with van der Waals surface area (Å²) in [6.45, 7) is 0.723. The topological polar surface area (TPSA) is 63.8 Å². The predicted octanol–water partition coefficient (Wildman–Crippen LogP) is 2.71. The van der Waals surface area contributed by atoms with Crippen LogP contribution in [0, 0.1) is 0 Å². The molecule has 0 spiro atoms. The molecule has 0 aliphatic carbocycles. The largest absolute Gasteiger partial charge is 0.416 e. The molecule has 0 fully saturated rings. The van der Waals surface area contributed by atoms with Crippen LogP contribution in [0.5, 0.6) is 0 Å². The van der Waals surface area contributed by atoms with Gasteiger partial charge in [0.1, 0.15) is 5.82 Å². The van der Waals surface area contributed by atoms with E-state index in [-0.39, 0.29) is 5.95 Å². The van der Waals surface area contributed by atoms with Gasteiger partial charge < -0.3 is 11.1 Å². The Labute approximate surface area is 112 Å². The number of fused-ring (bicyclic) bond motifs is 1. The minimum atomic E-state index is -4.34. The molecule has 20 heavy (non-hydrogen) atoms. The van der Waals surface area contributed by atoms with E-state index < -0.39 is 11.7 Å². The van der Waals surface area contributed by atoms with Gasteiger partial charge >= 0.3 is 6.18 Å². The predicted molar refractivity (Wildman–Crippen MR) is 69.1 cm³/mol. The van der Waals surface area contributed by atoms with Gasteiger partial charge in [-0.1, -0.05) is 12.1 Å². The fourth-order valence-electron chi connectivity index (χ4n) is 2.25. The highest BCUT2D eigenvalue weighted by atomic mass is 19.4. The lowest BCUT2D eigenvalue weighted by Crippen LogP contribution is -2.05. The van der Waals surface area contributed by atoms with E-state index in [9.17, 15) is 13.2 Å². The average molecular weight is 280 g/mol. The van der Waals surface area contributed by atoms with E-state index in [1.54, 1.807) is 0 Å². The Hall–Kier alpha value is -2.31. The summed E-state index contributed by atoms with van der Waals surface area (Å²) in [5.74, 6) is 0.764. The number of nitrogens with one attached hydrogen (secondary N) is 1. The Balaban J connectivity index is 2.06. The van der Waals surface area contributed by atoms with Gasteiger partial charge in [-0.15, -0.1) is 0 Å². The van der Waals surface area contributed by atoms with Gasteiger partial charge in [-0.05, 0) is 18.6 Å². The highest BCUT2D eigenvalue weighted by Gasteiger charge is 2.30. The van der Waals surface area contributed by atoms with Gasteiger partial charge in [0.05, 0.1) is 11.3 Å². The molecule has 1 aliphatic heterocycles. The number of halogens is 3. The van der Waals surface area contributed by atoms with Crippen molar-refractivity contribution in [3.63, 3.8) is 0 Å². The lowest BCUT2D eigenvalue weighted by molar-refractivity contribution is -0.137. The summed E-state index contributed by atoms with van der Waals surface area (Å²) in [6, 6.07) is 4.90. The highest BCUT2D eigenvalue weighted by molar-refractivity contribution is 5.71. The number of anilines is 2. The van der Waals surface area contributed by atoms with E-state index in [1.807, 2.05) is 0 Å². The summed E-state index contributed by atoms with van der Waals surface area (Å²) < 4.78 is 37.7. The standard InChI is InChI=1S/C13H11F3N4/c14-13(15,16)8-3-1-7(2-4-8)10-9-5-6-18-11(9)20-12(17)19-10/h1-4H,5-6H2,(H3,17,18,19,20). The summed E-state index contributed by atoms with van der Waals surface area (Å²) in [4.78, 5) is 8.22. The van der Waals surface area contributed by atoms with Crippen molar-refractivity contribution < 1.29 is 13.2 Å². The zero-order valence-electron chi connectivity index (χ0n) is 10.3. The maximum atomic E-state index is 12.6. The first-order valence-corrected chi connectivity index (χ1v) is 6.03. The van der Waals surface area contributed by atoms with Crippen LogP contribution in [0.1, 0.15) is 11.1 Å². The average Bonchev–Trinajstić information content (AvgIpc) is 2.85. The minimum absolute atomic E-state index is 0.105. The zero-order chi connectivity index (χ0) is 14.3. The van der Waals surface area contributed by atoms with E-state index in [2.05, 4.69) is 15.3 Å². The van der Waals surface area contributed by atoms with Crippen molar-refractivity contribution in [1.29, 1.82) is 0 Å². The SMILES string of the molecule is Nc1nc2c(c(-c3ccc(C(F)(F)F)cc3)n1)CCN2. The second-order valence-corrected chi connectivity index (χ2v) is 4.51. The number of hydrogen-bond donors (Lipinski definition) is 2. The van der Waals surface area contributed by atoms with Gasteiger partial charge in [-0.25, -0.2) is 4.98 Å². The number of nitrogen functional groups attached to an aromatic ring is 1. The van der Waals surface area contributed by atoms with Crippen molar-refractivity contribution in [1.82, 2.24) is 9.97 Å². The van der Waals surface area contributed by atoms with Crippen LogP contribution in [0.25, 0.3) is 11.3 Å². The van der Waals surface area contributed by atoms with Gasteiger partial charge in [-0.2, -0.15) is 18.2 Å². The van der Waals surface area contributed by atoms with Gasteiger partial charge in [0, 0.05) is 17.7 Å². The number of nitrogens with two attached hydrogens (primary N) is 1. The Morgan fingerprint density at radius 1 is 1.10 bits per heavy atom. The van der Waals surface area contributed by atoms with Crippen molar-refractivity contribution in [2.24, 2.45) is 0 Å². The molecule has 3 rings (SSSR count). The summed E-state index contributed by atoms with van der Waals surface area (Å²) in [5.41, 5.74) is 7.02. The van der Waals surface area contributed by atoms with Crippen LogP contribution < -0.4 is 11.1 Å². The van der Waals surface area contributed by atoms with Crippen molar-refractivity contribution >= 4 is 11.8 Å². The zero-order valence-corrected chi connectivity index (χ0v) is 10.3. The fourth-order valence-corrected chi connectivity index (χ4v) is 2.25. The van der Waals surface area contributed by atoms with Crippen LogP contribution in [0.3, 0.4) is 0 Å². The monoisotopic (exact) mass is 280 g/mol. The molecule has 0 atom stereocenters. The van der Waals surface area contributed by atoms with Crippen LogP contribution >= 0.6 is 0 Å². The fraction of sp³-hybridized carbons (Fsp3) is 0.231. The summed E-state index contributed by atoms with van der Waals surface area (Å²) in [6.07, 6.45) is -3.61. The Morgan fingerprint density at radius 3 is 2.45 bits per heavy atom. The van der Waals surface area contributed by atoms with Gasteiger partial charge in [-0.3, -0.25) is 0 Å². The molecule has 3 N–H and O–H groups in total. The summed E-state index contributed by atoms with van der Waals surface area (Å²) in [5, 5.41) is 3.08. The van der Waals surface area contributed by atoms with E-state index in [1.165, 1.54) is 12.1 Å². The molecule has 7 heteroatoms. The third-order valence-corrected chi connectivity index (χ3v) is 3.18. The Morgan fingerprint density at radius 2 is 1.80 bits per heavy atom. The van der Waals surface area contributed by atoms with Crippen molar-refractivity contribution in [2.45, 2.75) is 12.6 Å². The summed E-state index contributed by atoms with van der Waals surface area (Å²) in [7, 11) is 0. The molecule has 2 aromatic rings. The van der Waals surface area contributed by atoms with Crippen molar-refractivity contribution in [3.05, 3.63) is 35.4 Å². The van der Waals surface area contributed by atoms with E-state index >= 15 is 0 Å². The molecule has 1 aromatic carbocycles. The van der Waals surface area contributed by atoms with Crippen LogP contribution in [0.2, 0.25) is 0 Å². The molecule has 0 saturated heterocycles. The number of hydrogen-bond acceptors (Lipinski definition) is 4. The van der Waals surface area contributed by atoms with E-state index in [0.717, 1.165) is 30.7 Å². The van der Waals surface area contributed by atoms with Crippen molar-refractivity contribution in [2.75, 3.05) is 17.6 Å². The highest BCUT2D eigenvalue weighted by Crippen LogP contribution is 2.34. The molecule has 0 unspecified atom stereocenters. The molecule has 1 aliphatic rings. The molecule has 4 nitrogen and oxygen atoms in total. The van der Waals surface area contributed by atoms with E-state index in [4.69, 9.17) is 5.73 Å². The molecule has 0 saturated carbocycles. The first-order valence-electron chi connectivity index (χ1n) is 6.03.